The van der Waals surface area contributed by atoms with Gasteiger partial charge in [-0.05, 0) is 25.1 Å². The lowest BCUT2D eigenvalue weighted by molar-refractivity contribution is 0.269. The van der Waals surface area contributed by atoms with Crippen LogP contribution >= 0.6 is 0 Å². The summed E-state index contributed by atoms with van der Waals surface area (Å²) in [4.78, 5) is 4.62. The summed E-state index contributed by atoms with van der Waals surface area (Å²) < 4.78 is 18.7. The molecule has 19 heavy (non-hydrogen) atoms. The van der Waals surface area contributed by atoms with E-state index in [2.05, 4.69) is 21.9 Å². The molecule has 0 amide bonds. The summed E-state index contributed by atoms with van der Waals surface area (Å²) in [6.07, 6.45) is 0. The third-order valence-electron chi connectivity index (χ3n) is 3.85. The Morgan fingerprint density at radius 1 is 1.26 bits per heavy atom. The lowest BCUT2D eigenvalue weighted by atomic mass is 10.1. The van der Waals surface area contributed by atoms with E-state index in [0.717, 1.165) is 43.9 Å². The predicted molar refractivity (Wildman–Crippen MR) is 73.0 cm³/mol. The van der Waals surface area contributed by atoms with Crippen LogP contribution in [0, 0.1) is 12.7 Å². The number of rotatable bonds is 2. The van der Waals surface area contributed by atoms with Crippen molar-refractivity contribution in [3.63, 3.8) is 0 Å². The minimum absolute atomic E-state index is 0.244. The molecule has 0 bridgehead atoms. The third-order valence-corrected chi connectivity index (χ3v) is 3.85. The van der Waals surface area contributed by atoms with Crippen molar-refractivity contribution < 1.29 is 8.91 Å². The van der Waals surface area contributed by atoms with E-state index in [-0.39, 0.29) is 5.82 Å². The van der Waals surface area contributed by atoms with Crippen LogP contribution in [-0.2, 0) is 0 Å². The zero-order chi connectivity index (χ0) is 13.4. The summed E-state index contributed by atoms with van der Waals surface area (Å²) in [6, 6.07) is 3.24. The maximum absolute atomic E-state index is 13.5. The van der Waals surface area contributed by atoms with Gasteiger partial charge in [-0.1, -0.05) is 12.1 Å². The molecule has 102 valence electrons. The first kappa shape index (κ1) is 12.4. The third kappa shape index (κ3) is 2.18. The van der Waals surface area contributed by atoms with Gasteiger partial charge in [0.25, 0.3) is 0 Å². The molecule has 1 aliphatic heterocycles. The van der Waals surface area contributed by atoms with Gasteiger partial charge >= 0.3 is 0 Å². The molecule has 0 N–H and O–H groups in total. The smallest absolute Gasteiger partial charge is 0.180 e. The average Bonchev–Trinajstić information content (AvgIpc) is 2.82. The molecule has 0 saturated carbocycles. The van der Waals surface area contributed by atoms with Gasteiger partial charge in [-0.15, -0.1) is 0 Å². The molecule has 1 aliphatic rings. The number of aryl methyl sites for hydroxylation is 1. The second kappa shape index (κ2) is 4.81. The molecule has 1 saturated heterocycles. The molecule has 0 spiro atoms. The fourth-order valence-electron chi connectivity index (χ4n) is 2.56. The Kier molecular flexibility index (Phi) is 3.14. The van der Waals surface area contributed by atoms with Crippen molar-refractivity contribution in [3.8, 4) is 0 Å². The molecule has 0 aliphatic carbocycles. The molecule has 1 aromatic heterocycles. The van der Waals surface area contributed by atoms with Gasteiger partial charge in [0.15, 0.2) is 11.4 Å². The Bertz CT molecular complexity index is 588. The number of fused-ring (bicyclic) bond motifs is 1. The molecule has 4 nitrogen and oxygen atoms in total. The van der Waals surface area contributed by atoms with E-state index in [0.29, 0.717) is 11.1 Å². The Balaban J connectivity index is 1.91. The monoisotopic (exact) mass is 263 g/mol. The van der Waals surface area contributed by atoms with Crippen molar-refractivity contribution in [3.05, 3.63) is 23.5 Å². The summed E-state index contributed by atoms with van der Waals surface area (Å²) in [5.41, 5.74) is 1.15. The first-order valence-electron chi connectivity index (χ1n) is 6.72. The number of hydrogen-bond donors (Lipinski definition) is 0. The standard InChI is InChI=1S/C14H18FN3O/c1-3-17-4-6-18(7-5-17)14-11-8-10(2)12(15)9-13(11)19-16-14/h8-9H,3-7H2,1-2H3. The topological polar surface area (TPSA) is 32.5 Å². The number of benzene rings is 1. The molecule has 5 heteroatoms. The van der Waals surface area contributed by atoms with E-state index >= 15 is 0 Å². The largest absolute Gasteiger partial charge is 0.354 e. The van der Waals surface area contributed by atoms with Crippen LogP contribution < -0.4 is 4.90 Å². The molecule has 0 atom stereocenters. The second-order valence-electron chi connectivity index (χ2n) is 5.03. The van der Waals surface area contributed by atoms with Crippen molar-refractivity contribution in [1.82, 2.24) is 10.1 Å². The summed E-state index contributed by atoms with van der Waals surface area (Å²) >= 11 is 0. The minimum Gasteiger partial charge on any atom is -0.354 e. The van der Waals surface area contributed by atoms with Gasteiger partial charge in [0, 0.05) is 32.2 Å². The fraction of sp³-hybridized carbons (Fsp3) is 0.500. The SMILES string of the molecule is CCN1CCN(c2noc3cc(F)c(C)cc23)CC1. The van der Waals surface area contributed by atoms with Gasteiger partial charge in [-0.25, -0.2) is 4.39 Å². The van der Waals surface area contributed by atoms with Crippen molar-refractivity contribution in [1.29, 1.82) is 0 Å². The highest BCUT2D eigenvalue weighted by Gasteiger charge is 2.21. The van der Waals surface area contributed by atoms with Gasteiger partial charge in [0.1, 0.15) is 5.82 Å². The second-order valence-corrected chi connectivity index (χ2v) is 5.03. The van der Waals surface area contributed by atoms with Crippen LogP contribution in [0.4, 0.5) is 10.2 Å². The normalized spacial score (nSPS) is 17.3. The van der Waals surface area contributed by atoms with E-state index in [4.69, 9.17) is 4.52 Å². The molecule has 1 fully saturated rings. The fourth-order valence-corrected chi connectivity index (χ4v) is 2.56. The summed E-state index contributed by atoms with van der Waals surface area (Å²) in [5.74, 6) is 0.597. The Morgan fingerprint density at radius 2 is 2.00 bits per heavy atom. The lowest BCUT2D eigenvalue weighted by Crippen LogP contribution is -2.46. The first-order valence-corrected chi connectivity index (χ1v) is 6.72. The summed E-state index contributed by atoms with van der Waals surface area (Å²) in [5, 5.41) is 5.02. The lowest BCUT2D eigenvalue weighted by Gasteiger charge is -2.33. The van der Waals surface area contributed by atoms with Crippen molar-refractivity contribution >= 4 is 16.8 Å². The minimum atomic E-state index is -0.244. The van der Waals surface area contributed by atoms with E-state index in [1.54, 1.807) is 6.92 Å². The molecular weight excluding hydrogens is 245 g/mol. The Labute approximate surface area is 111 Å². The molecule has 2 heterocycles. The van der Waals surface area contributed by atoms with Gasteiger partial charge < -0.3 is 14.3 Å². The highest BCUT2D eigenvalue weighted by Crippen LogP contribution is 2.28. The van der Waals surface area contributed by atoms with E-state index < -0.39 is 0 Å². The van der Waals surface area contributed by atoms with Crippen LogP contribution in [0.15, 0.2) is 16.7 Å². The van der Waals surface area contributed by atoms with Gasteiger partial charge in [0.2, 0.25) is 0 Å². The highest BCUT2D eigenvalue weighted by atomic mass is 19.1. The number of hydrogen-bond acceptors (Lipinski definition) is 4. The molecular formula is C14H18FN3O. The van der Waals surface area contributed by atoms with Crippen LogP contribution in [0.3, 0.4) is 0 Å². The van der Waals surface area contributed by atoms with Crippen molar-refractivity contribution in [2.24, 2.45) is 0 Å². The molecule has 0 radical (unpaired) electrons. The number of likely N-dealkylation sites (N-methyl/N-ethyl adjacent to an activating group) is 1. The van der Waals surface area contributed by atoms with Crippen LogP contribution in [0.2, 0.25) is 0 Å². The van der Waals surface area contributed by atoms with Gasteiger partial charge in [0.05, 0.1) is 5.39 Å². The van der Waals surface area contributed by atoms with E-state index in [9.17, 15) is 4.39 Å². The Hall–Kier alpha value is -1.62. The zero-order valence-electron chi connectivity index (χ0n) is 11.3. The van der Waals surface area contributed by atoms with Crippen molar-refractivity contribution in [2.45, 2.75) is 13.8 Å². The van der Waals surface area contributed by atoms with E-state index in [1.807, 2.05) is 6.07 Å². The first-order chi connectivity index (χ1) is 9.19. The molecule has 0 unspecified atom stereocenters. The van der Waals surface area contributed by atoms with Crippen molar-refractivity contribution in [2.75, 3.05) is 37.6 Å². The highest BCUT2D eigenvalue weighted by molar-refractivity contribution is 5.89. The molecule has 1 aromatic carbocycles. The molecule has 3 rings (SSSR count). The number of aromatic nitrogens is 1. The van der Waals surface area contributed by atoms with Crippen LogP contribution in [-0.4, -0.2) is 42.8 Å². The van der Waals surface area contributed by atoms with Crippen LogP contribution in [0.25, 0.3) is 11.0 Å². The quantitative estimate of drug-likeness (QED) is 0.833. The number of nitrogens with zero attached hydrogens (tertiary/aromatic N) is 3. The number of anilines is 1. The zero-order valence-corrected chi connectivity index (χ0v) is 11.3. The van der Waals surface area contributed by atoms with Crippen LogP contribution in [0.1, 0.15) is 12.5 Å². The summed E-state index contributed by atoms with van der Waals surface area (Å²) in [6.45, 7) is 8.96. The number of halogens is 1. The van der Waals surface area contributed by atoms with Gasteiger partial charge in [-0.2, -0.15) is 0 Å². The van der Waals surface area contributed by atoms with E-state index in [1.165, 1.54) is 6.07 Å². The van der Waals surface area contributed by atoms with Crippen LogP contribution in [0.5, 0.6) is 0 Å². The predicted octanol–water partition coefficient (Wildman–Crippen LogP) is 2.42. The van der Waals surface area contributed by atoms with Gasteiger partial charge in [-0.3, -0.25) is 0 Å². The Morgan fingerprint density at radius 3 is 2.68 bits per heavy atom. The molecule has 2 aromatic rings. The maximum atomic E-state index is 13.5. The average molecular weight is 263 g/mol. The number of piperazine rings is 1. The maximum Gasteiger partial charge on any atom is 0.180 e. The summed E-state index contributed by atoms with van der Waals surface area (Å²) in [7, 11) is 0.